The number of hydrogen-bond acceptors (Lipinski definition) is 7. The number of H-pyrrole nitrogens is 1. The predicted molar refractivity (Wildman–Crippen MR) is 147 cm³/mol. The Morgan fingerprint density at radius 3 is 2.37 bits per heavy atom. The molecule has 0 bridgehead atoms. The average Bonchev–Trinajstić information content (AvgIpc) is 3.47. The lowest BCUT2D eigenvalue weighted by molar-refractivity contribution is 0.000750. The Morgan fingerprint density at radius 1 is 1.16 bits per heavy atom. The molecule has 1 aromatic carbocycles. The summed E-state index contributed by atoms with van der Waals surface area (Å²) in [6.07, 6.45) is 1.28. The molecule has 1 amide bonds. The minimum Gasteiger partial charge on any atom is -0.492 e. The highest BCUT2D eigenvalue weighted by Gasteiger charge is 2.44. The lowest BCUT2D eigenvalue weighted by atomic mass is 9.83. The first-order valence-electron chi connectivity index (χ1n) is 13.2. The molecular weight excluding hydrogens is 488 g/mol. The van der Waals surface area contributed by atoms with Crippen molar-refractivity contribution in [3.63, 3.8) is 0 Å². The lowest BCUT2D eigenvalue weighted by Crippen LogP contribution is -2.54. The van der Waals surface area contributed by atoms with Crippen molar-refractivity contribution in [2.24, 2.45) is 12.5 Å². The summed E-state index contributed by atoms with van der Waals surface area (Å²) in [5, 5.41) is 31.6. The number of amides is 1. The topological polar surface area (TPSA) is 138 Å². The molecule has 0 aliphatic carbocycles. The normalized spacial score (nSPS) is 14.2. The van der Waals surface area contributed by atoms with Crippen LogP contribution in [0.15, 0.2) is 24.4 Å². The maximum Gasteiger partial charge on any atom is 0.408 e. The van der Waals surface area contributed by atoms with Gasteiger partial charge in [0, 0.05) is 13.1 Å². The van der Waals surface area contributed by atoms with Crippen molar-refractivity contribution >= 4 is 22.9 Å². The van der Waals surface area contributed by atoms with Crippen molar-refractivity contribution in [2.75, 3.05) is 18.5 Å². The van der Waals surface area contributed by atoms with E-state index in [0.717, 1.165) is 18.4 Å². The molecule has 4 N–H and O–H groups in total. The summed E-state index contributed by atoms with van der Waals surface area (Å²) in [6.45, 7) is 12.7. The minimum absolute atomic E-state index is 0.454. The summed E-state index contributed by atoms with van der Waals surface area (Å²) in [5.41, 5.74) is 0.758. The molecule has 0 radical (unpaired) electrons. The van der Waals surface area contributed by atoms with Gasteiger partial charge in [0.1, 0.15) is 40.4 Å². The highest BCUT2D eigenvalue weighted by Crippen LogP contribution is 2.43. The zero-order valence-electron chi connectivity index (χ0n) is 23.5. The summed E-state index contributed by atoms with van der Waals surface area (Å²) < 4.78 is 13.7. The van der Waals surface area contributed by atoms with Gasteiger partial charge in [0.15, 0.2) is 0 Å². The van der Waals surface area contributed by atoms with Crippen molar-refractivity contribution in [1.82, 2.24) is 24.6 Å². The van der Waals surface area contributed by atoms with Crippen LogP contribution in [0, 0.1) is 5.41 Å². The minimum atomic E-state index is -1.18. The van der Waals surface area contributed by atoms with Gasteiger partial charge in [0.05, 0.1) is 31.5 Å². The van der Waals surface area contributed by atoms with Gasteiger partial charge < -0.3 is 29.6 Å². The van der Waals surface area contributed by atoms with Crippen molar-refractivity contribution in [2.45, 2.75) is 79.1 Å². The zero-order chi connectivity index (χ0) is 28.0. The average molecular weight is 531 g/mol. The number of rotatable bonds is 13. The van der Waals surface area contributed by atoms with Crippen LogP contribution in [0.3, 0.4) is 0 Å². The van der Waals surface area contributed by atoms with Gasteiger partial charge in [-0.3, -0.25) is 10.00 Å². The van der Waals surface area contributed by atoms with E-state index in [9.17, 15) is 15.0 Å². The van der Waals surface area contributed by atoms with E-state index in [4.69, 9.17) is 14.5 Å². The van der Waals surface area contributed by atoms with Gasteiger partial charge in [-0.25, -0.2) is 9.78 Å². The van der Waals surface area contributed by atoms with E-state index >= 15 is 0 Å². The first kappa shape index (κ1) is 29.1. The Balaban J connectivity index is 2.21. The Morgan fingerprint density at radius 2 is 1.82 bits per heavy atom. The second kappa shape index (κ2) is 12.4. The molecule has 210 valence electrons. The fraction of sp³-hybridized carbons (Fsp3) is 0.593. The van der Waals surface area contributed by atoms with E-state index in [-0.39, 0.29) is 0 Å². The summed E-state index contributed by atoms with van der Waals surface area (Å²) >= 11 is 0. The van der Waals surface area contributed by atoms with Crippen molar-refractivity contribution in [1.29, 1.82) is 0 Å². The van der Waals surface area contributed by atoms with Crippen LogP contribution in [0.2, 0.25) is 0 Å². The number of fused-ring (bicyclic) bond motifs is 1. The first-order valence-corrected chi connectivity index (χ1v) is 13.2. The fourth-order valence-electron chi connectivity index (χ4n) is 4.89. The number of benzene rings is 1. The molecular formula is C27H42N6O5. The quantitative estimate of drug-likeness (QED) is 0.223. The number of aromatic amines is 1. The second-order valence-corrected chi connectivity index (χ2v) is 10.4. The Labute approximate surface area is 224 Å². The molecule has 0 saturated heterocycles. The Bertz CT molecular complexity index is 1190. The largest absolute Gasteiger partial charge is 0.492 e. The Kier molecular flexibility index (Phi) is 9.48. The van der Waals surface area contributed by atoms with E-state index in [1.807, 2.05) is 65.3 Å². The zero-order valence-corrected chi connectivity index (χ0v) is 23.5. The van der Waals surface area contributed by atoms with Crippen LogP contribution in [0.4, 0.5) is 10.6 Å². The molecule has 3 aromatic rings. The monoisotopic (exact) mass is 530 g/mol. The highest BCUT2D eigenvalue weighted by molar-refractivity contribution is 5.88. The molecule has 11 heteroatoms. The number of nitrogens with one attached hydrogen (secondary N) is 2. The number of aromatic nitrogens is 4. The standard InChI is InChI=1S/C27H42N6O5/c1-8-11-12-17(25(34)29-20-15-16-28-31-20)33(26(35)36)23(27(4,5)6)24-30-21-18(37-9-2)13-14-19(38-10-3)22(21)32(24)7/h13-17,23,25,34H,8-12H2,1-7H3,(H,35,36)(H2,28,29,31)/t17-,23?,25?/m0/s1. The maximum absolute atomic E-state index is 13.0. The van der Waals surface area contributed by atoms with Crippen LogP contribution in [-0.4, -0.2) is 66.4 Å². The third-order valence-electron chi connectivity index (χ3n) is 6.53. The molecule has 2 aromatic heterocycles. The third kappa shape index (κ3) is 6.15. The SMILES string of the molecule is CCCC[C@@H](C(O)Nc1ccn[nH]1)N(C(=O)O)C(c1nc2c(OCC)ccc(OCC)c2n1C)C(C)(C)C. The maximum atomic E-state index is 13.0. The number of aryl methyl sites for hydroxylation is 1. The first-order chi connectivity index (χ1) is 18.0. The van der Waals surface area contributed by atoms with Gasteiger partial charge in [0.2, 0.25) is 0 Å². The molecule has 2 heterocycles. The number of hydrogen-bond donors (Lipinski definition) is 4. The van der Waals surface area contributed by atoms with Crippen molar-refractivity contribution in [3.8, 4) is 11.5 Å². The van der Waals surface area contributed by atoms with E-state index < -0.39 is 29.8 Å². The molecule has 11 nitrogen and oxygen atoms in total. The van der Waals surface area contributed by atoms with E-state index in [1.54, 1.807) is 12.3 Å². The molecule has 38 heavy (non-hydrogen) atoms. The highest BCUT2D eigenvalue weighted by atomic mass is 16.5. The summed E-state index contributed by atoms with van der Waals surface area (Å²) in [4.78, 5) is 19.3. The molecule has 2 unspecified atom stereocenters. The van der Waals surface area contributed by atoms with Gasteiger partial charge in [-0.05, 0) is 37.8 Å². The van der Waals surface area contributed by atoms with Crippen LogP contribution < -0.4 is 14.8 Å². The lowest BCUT2D eigenvalue weighted by Gasteiger charge is -2.43. The molecule has 0 spiro atoms. The number of unbranched alkanes of at least 4 members (excludes halogenated alkanes) is 1. The predicted octanol–water partition coefficient (Wildman–Crippen LogP) is 5.15. The number of aliphatic hydroxyl groups excluding tert-OH is 1. The Hall–Kier alpha value is -3.47. The molecule has 0 saturated carbocycles. The van der Waals surface area contributed by atoms with Gasteiger partial charge in [-0.2, -0.15) is 5.10 Å². The second-order valence-electron chi connectivity index (χ2n) is 10.4. The number of nitrogens with zero attached hydrogens (tertiary/aromatic N) is 4. The number of carboxylic acid groups (broad SMARTS) is 1. The van der Waals surface area contributed by atoms with Gasteiger partial charge in [-0.15, -0.1) is 0 Å². The van der Waals surface area contributed by atoms with Gasteiger partial charge in [-0.1, -0.05) is 40.5 Å². The number of anilines is 1. The van der Waals surface area contributed by atoms with Crippen LogP contribution in [0.25, 0.3) is 11.0 Å². The number of aliphatic hydroxyl groups is 1. The molecule has 0 aliphatic heterocycles. The molecule has 0 fully saturated rings. The van der Waals surface area contributed by atoms with E-state index in [1.165, 1.54) is 4.90 Å². The third-order valence-corrected chi connectivity index (χ3v) is 6.53. The molecule has 0 aliphatic rings. The fourth-order valence-corrected chi connectivity index (χ4v) is 4.89. The van der Waals surface area contributed by atoms with E-state index in [2.05, 4.69) is 15.5 Å². The van der Waals surface area contributed by atoms with Crippen molar-refractivity contribution in [3.05, 3.63) is 30.2 Å². The molecule has 3 atom stereocenters. The number of imidazole rings is 1. The van der Waals surface area contributed by atoms with E-state index in [0.29, 0.717) is 48.3 Å². The van der Waals surface area contributed by atoms with Crippen LogP contribution >= 0.6 is 0 Å². The van der Waals surface area contributed by atoms with Crippen LogP contribution in [0.1, 0.15) is 72.7 Å². The number of ether oxygens (including phenoxy) is 2. The van der Waals surface area contributed by atoms with Gasteiger partial charge in [0.25, 0.3) is 0 Å². The smallest absolute Gasteiger partial charge is 0.408 e. The van der Waals surface area contributed by atoms with Crippen LogP contribution in [-0.2, 0) is 7.05 Å². The van der Waals surface area contributed by atoms with Crippen LogP contribution in [0.5, 0.6) is 11.5 Å². The summed E-state index contributed by atoms with van der Waals surface area (Å²) in [5.74, 6) is 2.29. The summed E-state index contributed by atoms with van der Waals surface area (Å²) in [7, 11) is 1.86. The molecule has 3 rings (SSSR count). The summed E-state index contributed by atoms with van der Waals surface area (Å²) in [6, 6.07) is 3.89. The van der Waals surface area contributed by atoms with Crippen molar-refractivity contribution < 1.29 is 24.5 Å². The van der Waals surface area contributed by atoms with Gasteiger partial charge >= 0.3 is 6.09 Å². The number of carbonyl (C=O) groups is 1.